The van der Waals surface area contributed by atoms with E-state index in [1.165, 1.54) is 30.6 Å². The zero-order valence-corrected chi connectivity index (χ0v) is 15.6. The summed E-state index contributed by atoms with van der Waals surface area (Å²) in [5.41, 5.74) is 1.03. The fraction of sp³-hybridized carbons (Fsp3) is 0.611. The van der Waals surface area contributed by atoms with Gasteiger partial charge in [0, 0.05) is 12.6 Å². The summed E-state index contributed by atoms with van der Waals surface area (Å²) in [5.74, 6) is -0.144. The van der Waals surface area contributed by atoms with Crippen molar-refractivity contribution in [2.24, 2.45) is 0 Å². The second-order valence-corrected chi connectivity index (χ2v) is 9.22. The maximum Gasteiger partial charge on any atom is 0.251 e. The summed E-state index contributed by atoms with van der Waals surface area (Å²) < 4.78 is 30.3. The van der Waals surface area contributed by atoms with Gasteiger partial charge in [-0.2, -0.15) is 0 Å². The first-order chi connectivity index (χ1) is 11.8. The molecule has 1 atom stereocenters. The Bertz CT molecular complexity index is 724. The normalized spacial score (nSPS) is 22.7. The number of anilines is 1. The molecule has 1 N–H and O–H groups in total. The van der Waals surface area contributed by atoms with Gasteiger partial charge in [-0.1, -0.05) is 19.3 Å². The second-order valence-electron chi connectivity index (χ2n) is 7.21. The van der Waals surface area contributed by atoms with Gasteiger partial charge >= 0.3 is 0 Å². The molecular formula is C18H26N2O4S. The summed E-state index contributed by atoms with van der Waals surface area (Å²) >= 11 is 0. The van der Waals surface area contributed by atoms with E-state index in [2.05, 4.69) is 5.32 Å². The Kier molecular flexibility index (Phi) is 5.06. The highest BCUT2D eigenvalue weighted by Gasteiger charge is 2.41. The molecule has 1 spiro atoms. The highest BCUT2D eigenvalue weighted by molar-refractivity contribution is 7.92. The van der Waals surface area contributed by atoms with Crippen LogP contribution >= 0.6 is 0 Å². The smallest absolute Gasteiger partial charge is 0.251 e. The lowest BCUT2D eigenvalue weighted by Gasteiger charge is -2.32. The molecule has 1 aromatic carbocycles. The third-order valence-corrected chi connectivity index (χ3v) is 6.51. The fourth-order valence-electron chi connectivity index (χ4n) is 3.76. The molecule has 138 valence electrons. The molecule has 1 saturated carbocycles. The highest BCUT2D eigenvalue weighted by Crippen LogP contribution is 2.39. The van der Waals surface area contributed by atoms with Crippen LogP contribution in [0.5, 0.6) is 0 Å². The first-order valence-electron chi connectivity index (χ1n) is 8.78. The lowest BCUT2D eigenvalue weighted by Crippen LogP contribution is -2.37. The Morgan fingerprint density at radius 1 is 1.20 bits per heavy atom. The quantitative estimate of drug-likeness (QED) is 0.887. The minimum absolute atomic E-state index is 0.0295. The van der Waals surface area contributed by atoms with E-state index in [0.29, 0.717) is 17.9 Å². The van der Waals surface area contributed by atoms with Crippen molar-refractivity contribution in [3.63, 3.8) is 0 Å². The van der Waals surface area contributed by atoms with E-state index in [0.717, 1.165) is 25.5 Å². The number of nitrogens with one attached hydrogen (secondary N) is 1. The number of ether oxygens (including phenoxy) is 1. The molecule has 0 radical (unpaired) electrons. The number of sulfonamides is 1. The Morgan fingerprint density at radius 3 is 2.44 bits per heavy atom. The maximum absolute atomic E-state index is 12.5. The molecule has 3 rings (SSSR count). The Labute approximate surface area is 149 Å². The topological polar surface area (TPSA) is 75.7 Å². The first-order valence-corrected chi connectivity index (χ1v) is 10.6. The molecule has 1 aromatic rings. The van der Waals surface area contributed by atoms with E-state index < -0.39 is 10.0 Å². The molecule has 1 amide bonds. The molecule has 0 aromatic heterocycles. The van der Waals surface area contributed by atoms with Crippen molar-refractivity contribution in [1.29, 1.82) is 0 Å². The van der Waals surface area contributed by atoms with Crippen molar-refractivity contribution in [1.82, 2.24) is 5.32 Å². The van der Waals surface area contributed by atoms with Crippen LogP contribution in [0.2, 0.25) is 0 Å². The van der Waals surface area contributed by atoms with Gasteiger partial charge in [0.05, 0.1) is 30.2 Å². The predicted octanol–water partition coefficient (Wildman–Crippen LogP) is 2.30. The van der Waals surface area contributed by atoms with Crippen LogP contribution in [0.3, 0.4) is 0 Å². The lowest BCUT2D eigenvalue weighted by atomic mass is 9.82. The van der Waals surface area contributed by atoms with Crippen molar-refractivity contribution >= 4 is 21.6 Å². The van der Waals surface area contributed by atoms with Crippen LogP contribution in [0, 0.1) is 0 Å². The number of hydrogen-bond acceptors (Lipinski definition) is 4. The van der Waals surface area contributed by atoms with Crippen molar-refractivity contribution in [3.8, 4) is 0 Å². The van der Waals surface area contributed by atoms with E-state index in [1.807, 2.05) is 0 Å². The molecule has 0 bridgehead atoms. The Balaban J connectivity index is 1.60. The van der Waals surface area contributed by atoms with E-state index in [-0.39, 0.29) is 17.6 Å². The summed E-state index contributed by atoms with van der Waals surface area (Å²) in [6.45, 7) is 0.570. The molecule has 1 aliphatic carbocycles. The van der Waals surface area contributed by atoms with Crippen LogP contribution < -0.4 is 9.62 Å². The van der Waals surface area contributed by atoms with Gasteiger partial charge in [0.2, 0.25) is 10.0 Å². The van der Waals surface area contributed by atoms with E-state index >= 15 is 0 Å². The van der Waals surface area contributed by atoms with E-state index in [4.69, 9.17) is 4.74 Å². The number of hydrogen-bond donors (Lipinski definition) is 1. The largest absolute Gasteiger partial charge is 0.373 e. The van der Waals surface area contributed by atoms with Gasteiger partial charge in [0.1, 0.15) is 0 Å². The lowest BCUT2D eigenvalue weighted by molar-refractivity contribution is -0.0246. The molecule has 2 aliphatic rings. The van der Waals surface area contributed by atoms with Crippen molar-refractivity contribution in [2.45, 2.75) is 50.2 Å². The van der Waals surface area contributed by atoms with Gasteiger partial charge in [-0.3, -0.25) is 9.10 Å². The SMILES string of the molecule is CN(c1ccc(C(=O)N[C@@H]2COC3(CCCCC3)C2)cc1)S(C)(=O)=O. The maximum atomic E-state index is 12.5. The van der Waals surface area contributed by atoms with Crippen molar-refractivity contribution < 1.29 is 17.9 Å². The van der Waals surface area contributed by atoms with Crippen LogP contribution in [-0.2, 0) is 14.8 Å². The molecule has 2 fully saturated rings. The zero-order valence-electron chi connectivity index (χ0n) is 14.8. The number of carbonyl (C=O) groups excluding carboxylic acids is 1. The van der Waals surface area contributed by atoms with E-state index in [9.17, 15) is 13.2 Å². The van der Waals surface area contributed by atoms with Gasteiger partial charge < -0.3 is 10.1 Å². The molecule has 1 saturated heterocycles. The summed E-state index contributed by atoms with van der Waals surface area (Å²) in [5, 5.41) is 3.05. The van der Waals surface area contributed by atoms with Crippen LogP contribution in [0.1, 0.15) is 48.9 Å². The van der Waals surface area contributed by atoms with Gasteiger partial charge in [-0.05, 0) is 43.5 Å². The number of nitrogens with zero attached hydrogens (tertiary/aromatic N) is 1. The number of rotatable bonds is 4. The Morgan fingerprint density at radius 2 is 1.84 bits per heavy atom. The van der Waals surface area contributed by atoms with Gasteiger partial charge in [0.15, 0.2) is 0 Å². The van der Waals surface area contributed by atoms with Crippen LogP contribution in [0.15, 0.2) is 24.3 Å². The van der Waals surface area contributed by atoms with Crippen LogP contribution in [-0.4, -0.2) is 45.9 Å². The fourth-order valence-corrected chi connectivity index (χ4v) is 4.27. The van der Waals surface area contributed by atoms with Crippen LogP contribution in [0.4, 0.5) is 5.69 Å². The second kappa shape index (κ2) is 6.96. The highest BCUT2D eigenvalue weighted by atomic mass is 32.2. The van der Waals surface area contributed by atoms with Crippen molar-refractivity contribution in [2.75, 3.05) is 24.2 Å². The average Bonchev–Trinajstić information content (AvgIpc) is 2.96. The third kappa shape index (κ3) is 4.15. The third-order valence-electron chi connectivity index (χ3n) is 5.30. The molecule has 1 aliphatic heterocycles. The van der Waals surface area contributed by atoms with Gasteiger partial charge in [-0.25, -0.2) is 8.42 Å². The summed E-state index contributed by atoms with van der Waals surface area (Å²) in [6, 6.07) is 6.63. The number of amides is 1. The molecule has 7 heteroatoms. The molecule has 25 heavy (non-hydrogen) atoms. The monoisotopic (exact) mass is 366 g/mol. The molecule has 0 unspecified atom stereocenters. The Hall–Kier alpha value is -1.60. The summed E-state index contributed by atoms with van der Waals surface area (Å²) in [7, 11) is -1.82. The average molecular weight is 366 g/mol. The summed E-state index contributed by atoms with van der Waals surface area (Å²) in [6.07, 6.45) is 7.89. The molecule has 6 nitrogen and oxygen atoms in total. The van der Waals surface area contributed by atoms with E-state index in [1.54, 1.807) is 24.3 Å². The molecule has 1 heterocycles. The first kappa shape index (κ1) is 18.2. The molecular weight excluding hydrogens is 340 g/mol. The minimum Gasteiger partial charge on any atom is -0.373 e. The van der Waals surface area contributed by atoms with Crippen molar-refractivity contribution in [3.05, 3.63) is 29.8 Å². The van der Waals surface area contributed by atoms with Gasteiger partial charge in [-0.15, -0.1) is 0 Å². The van der Waals surface area contributed by atoms with Gasteiger partial charge in [0.25, 0.3) is 5.91 Å². The number of benzene rings is 1. The minimum atomic E-state index is -3.31. The summed E-state index contributed by atoms with van der Waals surface area (Å²) in [4.78, 5) is 12.5. The predicted molar refractivity (Wildman–Crippen MR) is 97.3 cm³/mol. The standard InChI is InChI=1S/C18H26N2O4S/c1-20(25(2,22)23)16-8-6-14(7-9-16)17(21)19-15-12-18(24-13-15)10-4-3-5-11-18/h6-9,15H,3-5,10-13H2,1-2H3,(H,19,21)/t15-/m0/s1. The van der Waals surface area contributed by atoms with Crippen LogP contribution in [0.25, 0.3) is 0 Å². The number of carbonyl (C=O) groups is 1. The zero-order chi connectivity index (χ0) is 18.1.